The van der Waals surface area contributed by atoms with Crippen LogP contribution in [0.2, 0.25) is 5.02 Å². The summed E-state index contributed by atoms with van der Waals surface area (Å²) in [6, 6.07) is 4.17. The van der Waals surface area contributed by atoms with Gasteiger partial charge in [0.15, 0.2) is 0 Å². The van der Waals surface area contributed by atoms with Crippen molar-refractivity contribution in [2.24, 2.45) is 0 Å². The van der Waals surface area contributed by atoms with Crippen molar-refractivity contribution in [3.05, 3.63) is 23.2 Å². The van der Waals surface area contributed by atoms with Crippen molar-refractivity contribution < 1.29 is 13.2 Å². The maximum atomic E-state index is 12.6. The maximum Gasteiger partial charge on any atom is 0.243 e. The van der Waals surface area contributed by atoms with Crippen molar-refractivity contribution in [2.75, 3.05) is 18.9 Å². The second kappa shape index (κ2) is 5.28. The third kappa shape index (κ3) is 2.86. The number of hydrogen-bond donors (Lipinski definition) is 1. The Balaban J connectivity index is 2.38. The molecule has 7 heteroatoms. The number of nitrogen functional groups attached to an aromatic ring is 1. The van der Waals surface area contributed by atoms with E-state index >= 15 is 0 Å². The van der Waals surface area contributed by atoms with E-state index in [1.807, 2.05) is 13.8 Å². The van der Waals surface area contributed by atoms with Crippen LogP contribution in [0.3, 0.4) is 0 Å². The number of nitrogens with two attached hydrogens (primary N) is 1. The van der Waals surface area contributed by atoms with Crippen molar-refractivity contribution in [3.8, 4) is 0 Å². The molecule has 1 aliphatic heterocycles. The van der Waals surface area contributed by atoms with Crippen molar-refractivity contribution in [1.29, 1.82) is 0 Å². The second-order valence-electron chi connectivity index (χ2n) is 4.75. The number of anilines is 1. The van der Waals surface area contributed by atoms with E-state index in [-0.39, 0.29) is 22.1 Å². The van der Waals surface area contributed by atoms with E-state index in [1.54, 1.807) is 0 Å². The Kier molecular flexibility index (Phi) is 4.06. The van der Waals surface area contributed by atoms with E-state index in [0.29, 0.717) is 18.8 Å². The maximum absolute atomic E-state index is 12.6. The van der Waals surface area contributed by atoms with Crippen LogP contribution in [0.5, 0.6) is 0 Å². The minimum Gasteiger partial charge on any atom is -0.398 e. The third-order valence-corrected chi connectivity index (χ3v) is 5.43. The van der Waals surface area contributed by atoms with Gasteiger partial charge in [0.25, 0.3) is 0 Å². The SMILES string of the molecule is CC1CN(S(=O)(=O)c2ccc(N)c(Cl)c2)C(C)CO1. The Morgan fingerprint density at radius 2 is 2.11 bits per heavy atom. The fourth-order valence-electron chi connectivity index (χ4n) is 2.01. The quantitative estimate of drug-likeness (QED) is 0.844. The molecule has 0 aliphatic carbocycles. The number of morpholine rings is 1. The number of halogens is 1. The zero-order chi connectivity index (χ0) is 14.2. The summed E-state index contributed by atoms with van der Waals surface area (Å²) < 4.78 is 32.0. The first-order valence-electron chi connectivity index (χ1n) is 6.01. The first-order valence-corrected chi connectivity index (χ1v) is 7.82. The van der Waals surface area contributed by atoms with Gasteiger partial charge in [0.1, 0.15) is 0 Å². The van der Waals surface area contributed by atoms with Crippen LogP contribution in [0, 0.1) is 0 Å². The highest BCUT2D eigenvalue weighted by Crippen LogP contribution is 2.27. The van der Waals surface area contributed by atoms with E-state index in [2.05, 4.69) is 0 Å². The van der Waals surface area contributed by atoms with Gasteiger partial charge >= 0.3 is 0 Å². The molecule has 19 heavy (non-hydrogen) atoms. The number of benzene rings is 1. The van der Waals surface area contributed by atoms with Gasteiger partial charge in [-0.05, 0) is 32.0 Å². The summed E-state index contributed by atoms with van der Waals surface area (Å²) in [5.74, 6) is 0. The Labute approximate surface area is 118 Å². The summed E-state index contributed by atoms with van der Waals surface area (Å²) in [6.45, 7) is 4.40. The van der Waals surface area contributed by atoms with Crippen LogP contribution in [0.25, 0.3) is 0 Å². The molecular weight excluding hydrogens is 288 g/mol. The molecular formula is C12H17ClN2O3S. The van der Waals surface area contributed by atoms with Crippen molar-refractivity contribution in [2.45, 2.75) is 30.9 Å². The average Bonchev–Trinajstić information content (AvgIpc) is 2.35. The van der Waals surface area contributed by atoms with Crippen LogP contribution >= 0.6 is 11.6 Å². The summed E-state index contributed by atoms with van der Waals surface area (Å²) in [6.07, 6.45) is -0.116. The molecule has 1 aliphatic rings. The summed E-state index contributed by atoms with van der Waals surface area (Å²) in [5.41, 5.74) is 5.96. The summed E-state index contributed by atoms with van der Waals surface area (Å²) in [7, 11) is -3.57. The Hall–Kier alpha value is -0.820. The zero-order valence-electron chi connectivity index (χ0n) is 10.8. The number of hydrogen-bond acceptors (Lipinski definition) is 4. The molecule has 1 aromatic rings. The van der Waals surface area contributed by atoms with Gasteiger partial charge in [0.2, 0.25) is 10.0 Å². The van der Waals surface area contributed by atoms with Gasteiger partial charge in [0, 0.05) is 12.6 Å². The van der Waals surface area contributed by atoms with Gasteiger partial charge in [-0.15, -0.1) is 0 Å². The molecule has 1 aromatic carbocycles. The molecule has 5 nitrogen and oxygen atoms in total. The van der Waals surface area contributed by atoms with Crippen molar-refractivity contribution in [1.82, 2.24) is 4.31 Å². The van der Waals surface area contributed by atoms with Gasteiger partial charge in [-0.1, -0.05) is 11.6 Å². The lowest BCUT2D eigenvalue weighted by Crippen LogP contribution is -2.50. The molecule has 0 aromatic heterocycles. The number of sulfonamides is 1. The predicted molar refractivity (Wildman–Crippen MR) is 74.6 cm³/mol. The molecule has 0 radical (unpaired) electrons. The zero-order valence-corrected chi connectivity index (χ0v) is 12.4. The van der Waals surface area contributed by atoms with E-state index in [9.17, 15) is 8.42 Å². The molecule has 1 heterocycles. The third-order valence-electron chi connectivity index (χ3n) is 3.13. The number of nitrogens with zero attached hydrogens (tertiary/aromatic N) is 1. The fourth-order valence-corrected chi connectivity index (χ4v) is 3.98. The van der Waals surface area contributed by atoms with Gasteiger partial charge < -0.3 is 10.5 Å². The lowest BCUT2D eigenvalue weighted by atomic mass is 10.2. The van der Waals surface area contributed by atoms with Gasteiger partial charge in [-0.2, -0.15) is 4.31 Å². The van der Waals surface area contributed by atoms with Gasteiger partial charge in [0.05, 0.1) is 28.3 Å². The average molecular weight is 305 g/mol. The normalized spacial score (nSPS) is 25.4. The van der Waals surface area contributed by atoms with Gasteiger partial charge in [-0.25, -0.2) is 8.42 Å². The molecule has 2 atom stereocenters. The van der Waals surface area contributed by atoms with Crippen LogP contribution in [0.15, 0.2) is 23.1 Å². The van der Waals surface area contributed by atoms with Crippen LogP contribution in [0.4, 0.5) is 5.69 Å². The molecule has 2 rings (SSSR count). The van der Waals surface area contributed by atoms with Crippen LogP contribution < -0.4 is 5.73 Å². The molecule has 0 bridgehead atoms. The topological polar surface area (TPSA) is 72.6 Å². The van der Waals surface area contributed by atoms with Crippen LogP contribution in [-0.4, -0.2) is 38.0 Å². The first-order chi connectivity index (χ1) is 8.82. The fraction of sp³-hybridized carbons (Fsp3) is 0.500. The molecule has 2 unspecified atom stereocenters. The molecule has 1 fully saturated rings. The van der Waals surface area contributed by atoms with E-state index < -0.39 is 10.0 Å². The highest BCUT2D eigenvalue weighted by atomic mass is 35.5. The minimum atomic E-state index is -3.57. The summed E-state index contributed by atoms with van der Waals surface area (Å²) in [4.78, 5) is 0.160. The lowest BCUT2D eigenvalue weighted by Gasteiger charge is -2.35. The standard InChI is InChI=1S/C12H17ClN2O3S/c1-8-7-18-9(2)6-15(8)19(16,17)10-3-4-12(14)11(13)5-10/h3-5,8-9H,6-7,14H2,1-2H3. The Bertz CT molecular complexity index is 576. The van der Waals surface area contributed by atoms with Gasteiger partial charge in [-0.3, -0.25) is 0 Å². The number of ether oxygens (including phenoxy) is 1. The molecule has 0 saturated carbocycles. The van der Waals surface area contributed by atoms with Crippen molar-refractivity contribution >= 4 is 27.3 Å². The molecule has 0 spiro atoms. The van der Waals surface area contributed by atoms with E-state index in [1.165, 1.54) is 22.5 Å². The highest BCUT2D eigenvalue weighted by molar-refractivity contribution is 7.89. The Morgan fingerprint density at radius 3 is 2.74 bits per heavy atom. The molecule has 1 saturated heterocycles. The summed E-state index contributed by atoms with van der Waals surface area (Å²) in [5, 5.41) is 0.245. The van der Waals surface area contributed by atoms with Crippen molar-refractivity contribution in [3.63, 3.8) is 0 Å². The van der Waals surface area contributed by atoms with E-state index in [4.69, 9.17) is 22.1 Å². The summed E-state index contributed by atoms with van der Waals surface area (Å²) >= 11 is 5.89. The lowest BCUT2D eigenvalue weighted by molar-refractivity contribution is -0.0170. The number of rotatable bonds is 2. The molecule has 0 amide bonds. The largest absolute Gasteiger partial charge is 0.398 e. The van der Waals surface area contributed by atoms with E-state index in [0.717, 1.165) is 0 Å². The smallest absolute Gasteiger partial charge is 0.243 e. The Morgan fingerprint density at radius 1 is 1.42 bits per heavy atom. The monoisotopic (exact) mass is 304 g/mol. The van der Waals surface area contributed by atoms with Crippen LogP contribution in [-0.2, 0) is 14.8 Å². The molecule has 2 N–H and O–H groups in total. The highest BCUT2D eigenvalue weighted by Gasteiger charge is 2.34. The van der Waals surface area contributed by atoms with Crippen LogP contribution in [0.1, 0.15) is 13.8 Å². The first kappa shape index (κ1) is 14.6. The molecule has 106 valence electrons. The minimum absolute atomic E-state index is 0.116. The predicted octanol–water partition coefficient (Wildman–Crippen LogP) is 1.72. The second-order valence-corrected chi connectivity index (χ2v) is 7.05.